The quantitative estimate of drug-likeness (QED) is 0.257. The molecule has 3 aromatic rings. The van der Waals surface area contributed by atoms with Gasteiger partial charge in [0.05, 0.1) is 18.9 Å². The molecule has 0 saturated carbocycles. The number of amides is 2. The molecule has 1 heterocycles. The SMILES string of the molecule is CC(C)Cc1cc(-c2ccc(CCN(C[C@H](O)c3ccc(Cl)nc3)C(=O)OC(C)(C)C)cc2)ccc1C(=O)NS(C)(=O)=O. The Morgan fingerprint density at radius 3 is 2.26 bits per heavy atom. The maximum atomic E-state index is 13.0. The second-order valence-electron chi connectivity index (χ2n) is 12.0. The summed E-state index contributed by atoms with van der Waals surface area (Å²) in [5.74, 6) is -0.392. The Bertz CT molecular complexity index is 1520. The van der Waals surface area contributed by atoms with E-state index in [-0.39, 0.29) is 12.5 Å². The van der Waals surface area contributed by atoms with E-state index in [0.717, 1.165) is 28.5 Å². The normalized spacial score (nSPS) is 12.6. The van der Waals surface area contributed by atoms with Gasteiger partial charge in [0.1, 0.15) is 10.8 Å². The zero-order chi connectivity index (χ0) is 31.9. The molecule has 0 radical (unpaired) electrons. The molecular formula is C32H40ClN3O6S. The maximum Gasteiger partial charge on any atom is 0.410 e. The molecule has 43 heavy (non-hydrogen) atoms. The van der Waals surface area contributed by atoms with Crippen LogP contribution in [0.4, 0.5) is 4.79 Å². The Kier molecular flexibility index (Phi) is 11.3. The van der Waals surface area contributed by atoms with E-state index in [2.05, 4.69) is 9.71 Å². The number of carbonyl (C=O) groups excluding carboxylic acids is 2. The number of pyridine rings is 1. The van der Waals surface area contributed by atoms with Crippen LogP contribution in [0.1, 0.15) is 67.8 Å². The molecule has 0 fully saturated rings. The fourth-order valence-corrected chi connectivity index (χ4v) is 5.00. The van der Waals surface area contributed by atoms with E-state index in [0.29, 0.717) is 35.7 Å². The molecule has 11 heteroatoms. The van der Waals surface area contributed by atoms with Crippen molar-refractivity contribution in [2.24, 2.45) is 5.92 Å². The summed E-state index contributed by atoms with van der Waals surface area (Å²) in [5, 5.41) is 11.1. The van der Waals surface area contributed by atoms with Gasteiger partial charge < -0.3 is 14.7 Å². The van der Waals surface area contributed by atoms with Crippen LogP contribution >= 0.6 is 11.6 Å². The summed E-state index contributed by atoms with van der Waals surface area (Å²) in [4.78, 5) is 31.1. The Balaban J connectivity index is 1.77. The summed E-state index contributed by atoms with van der Waals surface area (Å²) in [6, 6.07) is 16.5. The predicted octanol–water partition coefficient (Wildman–Crippen LogP) is 5.80. The van der Waals surface area contributed by atoms with E-state index in [9.17, 15) is 23.1 Å². The van der Waals surface area contributed by atoms with E-state index in [1.54, 1.807) is 45.0 Å². The molecule has 1 atom stereocenters. The number of carbonyl (C=O) groups is 2. The van der Waals surface area contributed by atoms with E-state index in [1.165, 1.54) is 11.1 Å². The third kappa shape index (κ3) is 10.9. The Labute approximate surface area is 259 Å². The molecular weight excluding hydrogens is 590 g/mol. The average molecular weight is 630 g/mol. The first-order valence-electron chi connectivity index (χ1n) is 14.0. The second-order valence-corrected chi connectivity index (χ2v) is 14.1. The van der Waals surface area contributed by atoms with Crippen LogP contribution in [-0.4, -0.2) is 60.4 Å². The molecule has 0 aliphatic rings. The highest BCUT2D eigenvalue weighted by atomic mass is 35.5. The van der Waals surface area contributed by atoms with Crippen LogP contribution in [0.25, 0.3) is 11.1 Å². The van der Waals surface area contributed by atoms with Crippen molar-refractivity contribution in [3.8, 4) is 11.1 Å². The van der Waals surface area contributed by atoms with Gasteiger partial charge in [-0.15, -0.1) is 0 Å². The van der Waals surface area contributed by atoms with Crippen LogP contribution in [0.15, 0.2) is 60.8 Å². The first-order chi connectivity index (χ1) is 20.0. The summed E-state index contributed by atoms with van der Waals surface area (Å²) < 4.78 is 30.9. The molecule has 9 nitrogen and oxygen atoms in total. The highest BCUT2D eigenvalue weighted by molar-refractivity contribution is 7.89. The molecule has 1 aromatic heterocycles. The third-order valence-corrected chi connectivity index (χ3v) is 7.17. The summed E-state index contributed by atoms with van der Waals surface area (Å²) in [6.45, 7) is 9.77. The van der Waals surface area contributed by atoms with Crippen LogP contribution in [-0.2, 0) is 27.6 Å². The minimum absolute atomic E-state index is 0.0220. The number of nitrogens with one attached hydrogen (secondary N) is 1. The molecule has 0 aliphatic heterocycles. The van der Waals surface area contributed by atoms with Crippen molar-refractivity contribution in [3.63, 3.8) is 0 Å². The van der Waals surface area contributed by atoms with Crippen molar-refractivity contribution in [2.45, 2.75) is 59.2 Å². The standard InChI is InChI=1S/C32H40ClN3O6S/c1-21(2)17-26-18-24(11-13-27(26)30(38)35-43(6,40)41)23-9-7-22(8-10-23)15-16-36(31(39)42-32(3,4)5)20-28(37)25-12-14-29(33)34-19-25/h7-14,18-19,21,28,37H,15-17,20H2,1-6H3,(H,35,38)/t28-/m0/s1. The van der Waals surface area contributed by atoms with Crippen LogP contribution in [0.5, 0.6) is 0 Å². The minimum atomic E-state index is -3.69. The minimum Gasteiger partial charge on any atom is -0.444 e. The number of sulfonamides is 1. The fraction of sp³-hybridized carbons (Fsp3) is 0.406. The predicted molar refractivity (Wildman–Crippen MR) is 168 cm³/mol. The summed E-state index contributed by atoms with van der Waals surface area (Å²) in [6.07, 6.45) is 2.07. The Morgan fingerprint density at radius 2 is 1.70 bits per heavy atom. The number of halogens is 1. The topological polar surface area (TPSA) is 126 Å². The number of rotatable bonds is 11. The van der Waals surface area contributed by atoms with Gasteiger partial charge in [-0.3, -0.25) is 4.79 Å². The van der Waals surface area contributed by atoms with Crippen molar-refractivity contribution >= 4 is 33.6 Å². The molecule has 2 amide bonds. The maximum absolute atomic E-state index is 13.0. The second kappa shape index (κ2) is 14.3. The summed E-state index contributed by atoms with van der Waals surface area (Å²) >= 11 is 5.87. The van der Waals surface area contributed by atoms with Crippen LogP contribution < -0.4 is 4.72 Å². The van der Waals surface area contributed by atoms with Gasteiger partial charge in [-0.2, -0.15) is 0 Å². The van der Waals surface area contributed by atoms with E-state index >= 15 is 0 Å². The van der Waals surface area contributed by atoms with Crippen LogP contribution in [0, 0.1) is 5.92 Å². The molecule has 0 bridgehead atoms. The number of aliphatic hydroxyl groups excluding tert-OH is 1. The van der Waals surface area contributed by atoms with Crippen molar-refractivity contribution < 1.29 is 27.9 Å². The first-order valence-corrected chi connectivity index (χ1v) is 16.3. The number of nitrogens with zero attached hydrogens (tertiary/aromatic N) is 2. The lowest BCUT2D eigenvalue weighted by Gasteiger charge is -2.29. The number of benzene rings is 2. The van der Waals surface area contributed by atoms with E-state index in [1.807, 2.05) is 44.2 Å². The largest absolute Gasteiger partial charge is 0.444 e. The number of aromatic nitrogens is 1. The summed E-state index contributed by atoms with van der Waals surface area (Å²) in [5.41, 5.74) is 3.75. The highest BCUT2D eigenvalue weighted by Crippen LogP contribution is 2.26. The van der Waals surface area contributed by atoms with Crippen molar-refractivity contribution in [1.29, 1.82) is 0 Å². The Hall–Kier alpha value is -3.47. The number of aliphatic hydroxyl groups is 1. The van der Waals surface area contributed by atoms with Gasteiger partial charge in [0.2, 0.25) is 10.0 Å². The molecule has 0 aliphatic carbocycles. The van der Waals surface area contributed by atoms with Gasteiger partial charge in [-0.1, -0.05) is 67.9 Å². The molecule has 0 unspecified atom stereocenters. The van der Waals surface area contributed by atoms with Gasteiger partial charge in [-0.05, 0) is 73.9 Å². The average Bonchev–Trinajstić information content (AvgIpc) is 2.89. The Morgan fingerprint density at radius 1 is 1.05 bits per heavy atom. The van der Waals surface area contributed by atoms with E-state index < -0.39 is 33.7 Å². The van der Waals surface area contributed by atoms with Crippen LogP contribution in [0.2, 0.25) is 5.15 Å². The number of ether oxygens (including phenoxy) is 1. The lowest BCUT2D eigenvalue weighted by atomic mass is 9.93. The molecule has 0 spiro atoms. The van der Waals surface area contributed by atoms with Gasteiger partial charge >= 0.3 is 6.09 Å². The van der Waals surface area contributed by atoms with Gasteiger partial charge in [0.25, 0.3) is 5.91 Å². The highest BCUT2D eigenvalue weighted by Gasteiger charge is 2.25. The molecule has 232 valence electrons. The molecule has 2 aromatic carbocycles. The fourth-order valence-electron chi connectivity index (χ4n) is 4.44. The van der Waals surface area contributed by atoms with Crippen molar-refractivity contribution in [3.05, 3.63) is 88.2 Å². The van der Waals surface area contributed by atoms with Crippen molar-refractivity contribution in [1.82, 2.24) is 14.6 Å². The van der Waals surface area contributed by atoms with Gasteiger partial charge in [-0.25, -0.2) is 22.9 Å². The molecule has 2 N–H and O–H groups in total. The smallest absolute Gasteiger partial charge is 0.410 e. The monoisotopic (exact) mass is 629 g/mol. The number of hydrogen-bond donors (Lipinski definition) is 2. The summed E-state index contributed by atoms with van der Waals surface area (Å²) in [7, 11) is -3.69. The molecule has 0 saturated heterocycles. The lowest BCUT2D eigenvalue weighted by molar-refractivity contribution is 0.0146. The third-order valence-electron chi connectivity index (χ3n) is 6.39. The van der Waals surface area contributed by atoms with Gasteiger partial charge in [0.15, 0.2) is 0 Å². The van der Waals surface area contributed by atoms with Gasteiger partial charge in [0, 0.05) is 23.9 Å². The zero-order valence-electron chi connectivity index (χ0n) is 25.4. The number of hydrogen-bond acceptors (Lipinski definition) is 7. The zero-order valence-corrected chi connectivity index (χ0v) is 27.0. The first kappa shape index (κ1) is 34.0. The van der Waals surface area contributed by atoms with Crippen LogP contribution in [0.3, 0.4) is 0 Å². The molecule has 3 rings (SSSR count). The van der Waals surface area contributed by atoms with E-state index in [4.69, 9.17) is 16.3 Å². The van der Waals surface area contributed by atoms with Crippen molar-refractivity contribution in [2.75, 3.05) is 19.3 Å². The lowest BCUT2D eigenvalue weighted by Crippen LogP contribution is -2.40.